The van der Waals surface area contributed by atoms with E-state index in [1.54, 1.807) is 17.0 Å². The summed E-state index contributed by atoms with van der Waals surface area (Å²) in [6.45, 7) is 3.90. The van der Waals surface area contributed by atoms with Crippen LogP contribution in [0.4, 0.5) is 16.2 Å². The summed E-state index contributed by atoms with van der Waals surface area (Å²) in [5.41, 5.74) is 4.23. The first-order chi connectivity index (χ1) is 15.0. The zero-order valence-corrected chi connectivity index (χ0v) is 18.1. The Morgan fingerprint density at radius 3 is 2.45 bits per heavy atom. The lowest BCUT2D eigenvalue weighted by Crippen LogP contribution is -2.49. The molecule has 158 valence electrons. The molecule has 31 heavy (non-hydrogen) atoms. The second-order valence-electron chi connectivity index (χ2n) is 7.71. The van der Waals surface area contributed by atoms with Gasteiger partial charge in [0, 0.05) is 41.6 Å². The van der Waals surface area contributed by atoms with E-state index in [9.17, 15) is 9.59 Å². The topological polar surface area (TPSA) is 52.7 Å². The van der Waals surface area contributed by atoms with Crippen LogP contribution in [-0.2, 0) is 6.54 Å². The molecule has 1 saturated heterocycles. The molecule has 0 aromatic heterocycles. The first-order valence-electron chi connectivity index (χ1n) is 10.3. The molecule has 0 aliphatic carbocycles. The molecule has 0 bridgehead atoms. The van der Waals surface area contributed by atoms with E-state index in [2.05, 4.69) is 5.32 Å². The van der Waals surface area contributed by atoms with Crippen LogP contribution in [0.25, 0.3) is 0 Å². The van der Waals surface area contributed by atoms with E-state index >= 15 is 0 Å². The summed E-state index contributed by atoms with van der Waals surface area (Å²) in [7, 11) is 0. The smallest absolute Gasteiger partial charge is 0.322 e. The number of hydrogen-bond donors (Lipinski definition) is 1. The van der Waals surface area contributed by atoms with Crippen LogP contribution in [0.1, 0.15) is 27.9 Å². The second-order valence-corrected chi connectivity index (χ2v) is 8.14. The van der Waals surface area contributed by atoms with Crippen LogP contribution < -0.4 is 10.2 Å². The highest BCUT2D eigenvalue weighted by molar-refractivity contribution is 6.30. The summed E-state index contributed by atoms with van der Waals surface area (Å²) in [5.74, 6) is -0.175. The molecular formula is C25H24ClN3O2. The van der Waals surface area contributed by atoms with Crippen LogP contribution in [0.15, 0.2) is 72.8 Å². The van der Waals surface area contributed by atoms with E-state index in [1.807, 2.05) is 72.5 Å². The normalized spacial score (nSPS) is 13.9. The molecule has 6 heteroatoms. The Labute approximate surface area is 187 Å². The fraction of sp³-hybridized carbons (Fsp3) is 0.200. The van der Waals surface area contributed by atoms with Gasteiger partial charge in [-0.1, -0.05) is 35.9 Å². The van der Waals surface area contributed by atoms with Crippen molar-refractivity contribution >= 4 is 34.9 Å². The monoisotopic (exact) mass is 433 g/mol. The lowest BCUT2D eigenvalue weighted by molar-refractivity contribution is 0.102. The van der Waals surface area contributed by atoms with E-state index in [0.717, 1.165) is 35.5 Å². The van der Waals surface area contributed by atoms with Crippen LogP contribution >= 0.6 is 11.6 Å². The van der Waals surface area contributed by atoms with Gasteiger partial charge in [0.15, 0.2) is 0 Å². The van der Waals surface area contributed by atoms with Crippen molar-refractivity contribution in [2.24, 2.45) is 0 Å². The number of benzene rings is 3. The van der Waals surface area contributed by atoms with Gasteiger partial charge in [0.05, 0.1) is 0 Å². The van der Waals surface area contributed by atoms with E-state index in [4.69, 9.17) is 11.6 Å². The molecule has 5 nitrogen and oxygen atoms in total. The Balaban J connectivity index is 1.43. The third-order valence-electron chi connectivity index (χ3n) is 5.31. The molecule has 0 radical (unpaired) electrons. The molecule has 1 aliphatic heterocycles. The van der Waals surface area contributed by atoms with Crippen LogP contribution in [0, 0.1) is 6.92 Å². The molecule has 3 aromatic carbocycles. The van der Waals surface area contributed by atoms with Gasteiger partial charge in [-0.15, -0.1) is 0 Å². The van der Waals surface area contributed by atoms with Gasteiger partial charge >= 0.3 is 6.03 Å². The van der Waals surface area contributed by atoms with Gasteiger partial charge in [0.2, 0.25) is 0 Å². The molecule has 3 aromatic rings. The number of nitrogens with one attached hydrogen (secondary N) is 1. The van der Waals surface area contributed by atoms with Gasteiger partial charge in [-0.05, 0) is 73.0 Å². The lowest BCUT2D eigenvalue weighted by Gasteiger charge is -2.35. The molecule has 0 saturated carbocycles. The molecule has 0 atom stereocenters. The second kappa shape index (κ2) is 9.23. The van der Waals surface area contributed by atoms with Crippen molar-refractivity contribution in [1.82, 2.24) is 4.90 Å². The number of anilines is 2. The highest BCUT2D eigenvalue weighted by atomic mass is 35.5. The fourth-order valence-corrected chi connectivity index (χ4v) is 3.82. The van der Waals surface area contributed by atoms with Crippen LogP contribution in [0.3, 0.4) is 0 Å². The Bertz CT molecular complexity index is 1080. The maximum atomic E-state index is 13.0. The predicted octanol–water partition coefficient (Wildman–Crippen LogP) is 5.73. The number of urea groups is 1. The van der Waals surface area contributed by atoms with Crippen molar-refractivity contribution in [3.63, 3.8) is 0 Å². The highest BCUT2D eigenvalue weighted by Gasteiger charge is 2.26. The number of carbonyl (C=O) groups excluding carboxylic acids is 2. The van der Waals surface area contributed by atoms with Crippen molar-refractivity contribution in [1.29, 1.82) is 0 Å². The number of carbonyl (C=O) groups is 2. The minimum atomic E-state index is -0.175. The number of amides is 3. The largest absolute Gasteiger partial charge is 0.324 e. The SMILES string of the molecule is Cc1cccc(NC(=O)c2ccc(N3CCCN(Cc4ccc(Cl)cc4)C3=O)cc2)c1. The minimum absolute atomic E-state index is 0.0295. The molecule has 3 amide bonds. The summed E-state index contributed by atoms with van der Waals surface area (Å²) in [6.07, 6.45) is 0.884. The third-order valence-corrected chi connectivity index (χ3v) is 5.57. The zero-order valence-electron chi connectivity index (χ0n) is 17.3. The van der Waals surface area contributed by atoms with Crippen LogP contribution in [-0.4, -0.2) is 29.9 Å². The highest BCUT2D eigenvalue weighted by Crippen LogP contribution is 2.23. The zero-order chi connectivity index (χ0) is 21.8. The van der Waals surface area contributed by atoms with Gasteiger partial charge < -0.3 is 10.2 Å². The quantitative estimate of drug-likeness (QED) is 0.558. The number of rotatable bonds is 5. The Morgan fingerprint density at radius 1 is 1.00 bits per heavy atom. The maximum Gasteiger partial charge on any atom is 0.324 e. The Morgan fingerprint density at radius 2 is 1.74 bits per heavy atom. The maximum absolute atomic E-state index is 13.0. The van der Waals surface area contributed by atoms with Crippen molar-refractivity contribution in [3.05, 3.63) is 94.5 Å². The average Bonchev–Trinajstić information content (AvgIpc) is 2.77. The van der Waals surface area contributed by atoms with Crippen LogP contribution in [0.5, 0.6) is 0 Å². The molecule has 0 spiro atoms. The van der Waals surface area contributed by atoms with E-state index < -0.39 is 0 Å². The first-order valence-corrected chi connectivity index (χ1v) is 10.7. The summed E-state index contributed by atoms with van der Waals surface area (Å²) < 4.78 is 0. The van der Waals surface area contributed by atoms with Crippen molar-refractivity contribution in [2.45, 2.75) is 19.9 Å². The Kier molecular flexibility index (Phi) is 6.23. The van der Waals surface area contributed by atoms with Crippen LogP contribution in [0.2, 0.25) is 5.02 Å². The molecule has 1 fully saturated rings. The lowest BCUT2D eigenvalue weighted by atomic mass is 10.1. The fourth-order valence-electron chi connectivity index (χ4n) is 3.70. The summed E-state index contributed by atoms with van der Waals surface area (Å²) in [5, 5.41) is 3.59. The molecule has 4 rings (SSSR count). The minimum Gasteiger partial charge on any atom is -0.322 e. The van der Waals surface area contributed by atoms with Gasteiger partial charge in [-0.3, -0.25) is 9.69 Å². The van der Waals surface area contributed by atoms with Gasteiger partial charge in [0.25, 0.3) is 5.91 Å². The third kappa shape index (κ3) is 5.06. The summed E-state index contributed by atoms with van der Waals surface area (Å²) >= 11 is 5.96. The van der Waals surface area contributed by atoms with Gasteiger partial charge in [0.1, 0.15) is 0 Å². The molecular weight excluding hydrogens is 410 g/mol. The molecule has 1 N–H and O–H groups in total. The van der Waals surface area contributed by atoms with Gasteiger partial charge in [-0.2, -0.15) is 0 Å². The predicted molar refractivity (Wildman–Crippen MR) is 125 cm³/mol. The summed E-state index contributed by atoms with van der Waals surface area (Å²) in [4.78, 5) is 29.2. The number of nitrogens with zero attached hydrogens (tertiary/aromatic N) is 2. The number of halogens is 1. The average molecular weight is 434 g/mol. The van der Waals surface area contributed by atoms with Gasteiger partial charge in [-0.25, -0.2) is 4.79 Å². The van der Waals surface area contributed by atoms with Crippen molar-refractivity contribution in [2.75, 3.05) is 23.3 Å². The number of aryl methyl sites for hydroxylation is 1. The first kappa shape index (κ1) is 20.9. The van der Waals surface area contributed by atoms with E-state index in [1.165, 1.54) is 0 Å². The van der Waals surface area contributed by atoms with Crippen molar-refractivity contribution in [3.8, 4) is 0 Å². The van der Waals surface area contributed by atoms with E-state index in [-0.39, 0.29) is 11.9 Å². The molecule has 0 unspecified atom stereocenters. The number of hydrogen-bond acceptors (Lipinski definition) is 2. The standard InChI is InChI=1S/C25H24ClN3O2/c1-18-4-2-5-22(16-18)27-24(30)20-8-12-23(13-9-20)29-15-3-14-28(25(29)31)17-19-6-10-21(26)11-7-19/h2,4-13,16H,3,14-15,17H2,1H3,(H,27,30). The molecule has 1 heterocycles. The van der Waals surface area contributed by atoms with Crippen molar-refractivity contribution < 1.29 is 9.59 Å². The summed E-state index contributed by atoms with van der Waals surface area (Å²) in [6, 6.07) is 22.4. The molecule has 1 aliphatic rings. The van der Waals surface area contributed by atoms with E-state index in [0.29, 0.717) is 23.7 Å². The Hall–Kier alpha value is -3.31.